The summed E-state index contributed by atoms with van der Waals surface area (Å²) in [7, 11) is 0. The Morgan fingerprint density at radius 2 is 2.04 bits per heavy atom. The maximum absolute atomic E-state index is 11.2. The van der Waals surface area contributed by atoms with Gasteiger partial charge in [-0.2, -0.15) is 5.26 Å². The lowest BCUT2D eigenvalue weighted by atomic mass is 10.1. The molecule has 0 spiro atoms. The first-order valence-corrected chi connectivity index (χ1v) is 9.27. The Bertz CT molecular complexity index is 1170. The molecule has 28 heavy (non-hydrogen) atoms. The summed E-state index contributed by atoms with van der Waals surface area (Å²) in [6.07, 6.45) is 3.53. The number of nitro benzene ring substituents is 1. The van der Waals surface area contributed by atoms with E-state index >= 15 is 0 Å². The zero-order chi connectivity index (χ0) is 19.5. The summed E-state index contributed by atoms with van der Waals surface area (Å²) in [6.45, 7) is 0.399. The van der Waals surface area contributed by atoms with Crippen LogP contribution in [-0.4, -0.2) is 16.5 Å². The molecule has 1 aliphatic rings. The van der Waals surface area contributed by atoms with E-state index in [9.17, 15) is 15.4 Å². The minimum Gasteiger partial charge on any atom is -0.488 e. The summed E-state index contributed by atoms with van der Waals surface area (Å²) < 4.78 is 5.77. The number of rotatable bonds is 4. The Morgan fingerprint density at radius 3 is 2.86 bits per heavy atom. The van der Waals surface area contributed by atoms with Crippen LogP contribution in [0.3, 0.4) is 0 Å². The number of hydrogen-bond donors (Lipinski definition) is 0. The Labute approximate surface area is 164 Å². The number of hydrogen-bond acceptors (Lipinski definition) is 6. The van der Waals surface area contributed by atoms with E-state index in [2.05, 4.69) is 11.1 Å². The van der Waals surface area contributed by atoms with Gasteiger partial charge in [-0.1, -0.05) is 30.3 Å². The highest BCUT2D eigenvalue weighted by Gasteiger charge is 2.17. The van der Waals surface area contributed by atoms with Gasteiger partial charge >= 0.3 is 0 Å². The van der Waals surface area contributed by atoms with Gasteiger partial charge < -0.3 is 4.74 Å². The number of nitriles is 1. The van der Waals surface area contributed by atoms with Crippen molar-refractivity contribution in [1.82, 2.24) is 4.98 Å². The van der Waals surface area contributed by atoms with Crippen LogP contribution in [-0.2, 0) is 0 Å². The maximum Gasteiger partial charge on any atom is 0.276 e. The Hall–Kier alpha value is -3.76. The number of fused-ring (bicyclic) bond motifs is 1. The van der Waals surface area contributed by atoms with Gasteiger partial charge in [0.15, 0.2) is 0 Å². The van der Waals surface area contributed by atoms with Gasteiger partial charge in [0, 0.05) is 22.6 Å². The number of para-hydroxylation sites is 2. The molecule has 0 saturated heterocycles. The molecule has 0 bridgehead atoms. The molecule has 1 aromatic heterocycles. The Morgan fingerprint density at radius 1 is 1.25 bits per heavy atom. The van der Waals surface area contributed by atoms with Gasteiger partial charge in [0.2, 0.25) is 0 Å². The number of benzene rings is 2. The van der Waals surface area contributed by atoms with E-state index in [-0.39, 0.29) is 11.3 Å². The fourth-order valence-electron chi connectivity index (χ4n) is 2.88. The van der Waals surface area contributed by atoms with Gasteiger partial charge in [-0.05, 0) is 24.3 Å². The van der Waals surface area contributed by atoms with E-state index in [4.69, 9.17) is 4.74 Å². The lowest BCUT2D eigenvalue weighted by Gasteiger charge is -2.16. The molecule has 0 amide bonds. The minimum atomic E-state index is -0.463. The van der Waals surface area contributed by atoms with Crippen molar-refractivity contribution in [2.24, 2.45) is 0 Å². The van der Waals surface area contributed by atoms with Crippen LogP contribution in [0.1, 0.15) is 21.8 Å². The first kappa shape index (κ1) is 17.6. The fraction of sp³-hybridized carbons (Fsp3) is 0.0476. The van der Waals surface area contributed by atoms with Crippen molar-refractivity contribution in [2.45, 2.75) is 0 Å². The van der Waals surface area contributed by atoms with Crippen LogP contribution in [0.4, 0.5) is 5.69 Å². The van der Waals surface area contributed by atoms with Crippen molar-refractivity contribution in [3.05, 3.63) is 85.9 Å². The van der Waals surface area contributed by atoms with Crippen molar-refractivity contribution in [1.29, 1.82) is 5.26 Å². The zero-order valence-electron chi connectivity index (χ0n) is 14.5. The quantitative estimate of drug-likeness (QED) is 0.355. The maximum atomic E-state index is 11.2. The third kappa shape index (κ3) is 3.41. The van der Waals surface area contributed by atoms with Crippen molar-refractivity contribution >= 4 is 40.3 Å². The number of thiazole rings is 1. The van der Waals surface area contributed by atoms with Crippen LogP contribution in [0.25, 0.3) is 23.3 Å². The normalized spacial score (nSPS) is 13.1. The summed E-state index contributed by atoms with van der Waals surface area (Å²) in [4.78, 5) is 15.3. The van der Waals surface area contributed by atoms with Crippen molar-refractivity contribution in [2.75, 3.05) is 6.61 Å². The number of nitrogens with zero attached hydrogens (tertiary/aromatic N) is 3. The molecule has 0 aliphatic carbocycles. The zero-order valence-corrected chi connectivity index (χ0v) is 15.3. The molecule has 2 heterocycles. The molecule has 1 aliphatic heterocycles. The lowest BCUT2D eigenvalue weighted by Crippen LogP contribution is -2.06. The third-order valence-electron chi connectivity index (χ3n) is 4.25. The average Bonchev–Trinajstić information content (AvgIpc) is 3.22. The van der Waals surface area contributed by atoms with Gasteiger partial charge in [-0.25, -0.2) is 4.98 Å². The van der Waals surface area contributed by atoms with Gasteiger partial charge in [-0.15, -0.1) is 11.3 Å². The summed E-state index contributed by atoms with van der Waals surface area (Å²) in [5.41, 5.74) is 3.24. The summed E-state index contributed by atoms with van der Waals surface area (Å²) in [5.74, 6) is 0.829. The molecule has 0 atom stereocenters. The molecular weight excluding hydrogens is 374 g/mol. The van der Waals surface area contributed by atoms with E-state index in [1.165, 1.54) is 23.5 Å². The summed E-state index contributed by atoms with van der Waals surface area (Å²) in [6, 6.07) is 16.2. The van der Waals surface area contributed by atoms with Crippen molar-refractivity contribution in [3.63, 3.8) is 0 Å². The highest BCUT2D eigenvalue weighted by atomic mass is 32.1. The Kier molecular flexibility index (Phi) is 4.70. The van der Waals surface area contributed by atoms with Gasteiger partial charge in [0.05, 0.1) is 21.8 Å². The number of nitro groups is 1. The number of ether oxygens (including phenoxy) is 1. The minimum absolute atomic E-state index is 0.0491. The second-order valence-electron chi connectivity index (χ2n) is 6.02. The van der Waals surface area contributed by atoms with Crippen LogP contribution in [0.2, 0.25) is 0 Å². The SMILES string of the molecule is N#C/C(=C\c1ccccc1[N+](=O)[O-])c1nc(C2=Cc3ccccc3OC2)cs1. The van der Waals surface area contributed by atoms with Gasteiger partial charge in [-0.3, -0.25) is 10.1 Å². The molecule has 7 heteroatoms. The molecule has 3 aromatic rings. The first-order valence-electron chi connectivity index (χ1n) is 8.39. The predicted molar refractivity (Wildman–Crippen MR) is 109 cm³/mol. The third-order valence-corrected chi connectivity index (χ3v) is 5.12. The second kappa shape index (κ2) is 7.47. The molecule has 0 radical (unpaired) electrons. The molecule has 4 rings (SSSR count). The van der Waals surface area contributed by atoms with Crippen molar-refractivity contribution < 1.29 is 9.66 Å². The van der Waals surface area contributed by atoms with Crippen LogP contribution in [0.5, 0.6) is 5.75 Å². The average molecular weight is 387 g/mol. The van der Waals surface area contributed by atoms with Crippen LogP contribution in [0, 0.1) is 21.4 Å². The monoisotopic (exact) mass is 387 g/mol. The van der Waals surface area contributed by atoms with Crippen LogP contribution >= 0.6 is 11.3 Å². The van der Waals surface area contributed by atoms with E-state index in [1.807, 2.05) is 35.7 Å². The molecule has 6 nitrogen and oxygen atoms in total. The molecule has 0 saturated carbocycles. The topological polar surface area (TPSA) is 89.0 Å². The highest BCUT2D eigenvalue weighted by Crippen LogP contribution is 2.32. The molecule has 136 valence electrons. The number of allylic oxidation sites excluding steroid dienone is 1. The summed E-state index contributed by atoms with van der Waals surface area (Å²) >= 11 is 1.32. The highest BCUT2D eigenvalue weighted by molar-refractivity contribution is 7.11. The van der Waals surface area contributed by atoms with E-state index in [1.54, 1.807) is 18.2 Å². The van der Waals surface area contributed by atoms with Gasteiger partial charge in [0.1, 0.15) is 23.4 Å². The fourth-order valence-corrected chi connectivity index (χ4v) is 3.69. The lowest BCUT2D eigenvalue weighted by molar-refractivity contribution is -0.385. The molecule has 0 unspecified atom stereocenters. The van der Waals surface area contributed by atoms with Crippen molar-refractivity contribution in [3.8, 4) is 11.8 Å². The predicted octanol–water partition coefficient (Wildman–Crippen LogP) is 5.05. The molecule has 0 fully saturated rings. The molecule has 0 N–H and O–H groups in total. The van der Waals surface area contributed by atoms with E-state index in [0.29, 0.717) is 17.2 Å². The molecular formula is C21H13N3O3S. The van der Waals surface area contributed by atoms with Gasteiger partial charge in [0.25, 0.3) is 5.69 Å². The second-order valence-corrected chi connectivity index (χ2v) is 6.88. The van der Waals surface area contributed by atoms with E-state index < -0.39 is 4.92 Å². The smallest absolute Gasteiger partial charge is 0.276 e. The Balaban J connectivity index is 1.68. The van der Waals surface area contributed by atoms with Crippen LogP contribution < -0.4 is 4.74 Å². The first-order chi connectivity index (χ1) is 13.7. The van der Waals surface area contributed by atoms with E-state index in [0.717, 1.165) is 22.6 Å². The van der Waals surface area contributed by atoms with Crippen LogP contribution in [0.15, 0.2) is 53.9 Å². The summed E-state index contributed by atoms with van der Waals surface area (Å²) in [5, 5.41) is 23.1. The molecule has 2 aromatic carbocycles. The largest absolute Gasteiger partial charge is 0.488 e. The standard InChI is InChI=1S/C21H13N3O3S/c22-11-16(9-14-5-1-3-7-19(14)24(25)26)21-23-18(13-28-21)17-10-15-6-2-4-8-20(15)27-12-17/h1-10,13H,12H2/b16-9+. The number of aromatic nitrogens is 1.